The van der Waals surface area contributed by atoms with Gasteiger partial charge in [0.1, 0.15) is 0 Å². The SMILES string of the molecule is CCn1nc(C)c(Cl)c1CNC1CC(O)C1. The smallest absolute Gasteiger partial charge is 0.0860 e. The summed E-state index contributed by atoms with van der Waals surface area (Å²) in [6.45, 7) is 5.53. The van der Waals surface area contributed by atoms with Gasteiger partial charge in [-0.25, -0.2) is 0 Å². The normalized spacial score (nSPS) is 24.5. The lowest BCUT2D eigenvalue weighted by molar-refractivity contribution is 0.0616. The van der Waals surface area contributed by atoms with Crippen molar-refractivity contribution in [3.8, 4) is 0 Å². The molecule has 0 bridgehead atoms. The second-order valence-corrected chi connectivity index (χ2v) is 4.74. The van der Waals surface area contributed by atoms with Gasteiger partial charge in [0.05, 0.1) is 22.5 Å². The van der Waals surface area contributed by atoms with Gasteiger partial charge in [-0.2, -0.15) is 5.10 Å². The number of aliphatic hydroxyl groups excluding tert-OH is 1. The zero-order valence-corrected chi connectivity index (χ0v) is 10.5. The van der Waals surface area contributed by atoms with Crippen LogP contribution >= 0.6 is 11.6 Å². The molecule has 0 aliphatic heterocycles. The molecular formula is C11H18ClN3O. The van der Waals surface area contributed by atoms with E-state index in [0.717, 1.165) is 42.3 Å². The molecule has 1 aliphatic carbocycles. The zero-order chi connectivity index (χ0) is 11.7. The molecule has 1 aliphatic rings. The van der Waals surface area contributed by atoms with Gasteiger partial charge in [-0.05, 0) is 26.7 Å². The van der Waals surface area contributed by atoms with Crippen molar-refractivity contribution in [1.29, 1.82) is 0 Å². The van der Waals surface area contributed by atoms with E-state index < -0.39 is 0 Å². The summed E-state index contributed by atoms with van der Waals surface area (Å²) >= 11 is 6.19. The number of rotatable bonds is 4. The van der Waals surface area contributed by atoms with Crippen LogP contribution in [0.3, 0.4) is 0 Å². The average molecular weight is 244 g/mol. The van der Waals surface area contributed by atoms with Gasteiger partial charge in [-0.1, -0.05) is 11.6 Å². The van der Waals surface area contributed by atoms with Crippen LogP contribution in [0.25, 0.3) is 0 Å². The Hall–Kier alpha value is -0.580. The van der Waals surface area contributed by atoms with Crippen LogP contribution in [-0.4, -0.2) is 27.0 Å². The first kappa shape index (κ1) is 11.9. The number of nitrogens with zero attached hydrogens (tertiary/aromatic N) is 2. The summed E-state index contributed by atoms with van der Waals surface area (Å²) in [5.41, 5.74) is 1.93. The summed E-state index contributed by atoms with van der Waals surface area (Å²) in [6, 6.07) is 0.423. The fourth-order valence-corrected chi connectivity index (χ4v) is 2.24. The fraction of sp³-hybridized carbons (Fsp3) is 0.727. The first-order chi connectivity index (χ1) is 7.61. The highest BCUT2D eigenvalue weighted by Gasteiger charge is 2.27. The summed E-state index contributed by atoms with van der Waals surface area (Å²) in [4.78, 5) is 0. The highest BCUT2D eigenvalue weighted by atomic mass is 35.5. The number of aryl methyl sites for hydroxylation is 2. The summed E-state index contributed by atoms with van der Waals surface area (Å²) in [5, 5.41) is 17.7. The predicted octanol–water partition coefficient (Wildman–Crippen LogP) is 1.48. The maximum atomic E-state index is 9.19. The molecule has 1 aromatic rings. The molecule has 0 amide bonds. The monoisotopic (exact) mass is 243 g/mol. The Labute approximate surface area is 101 Å². The Kier molecular flexibility index (Phi) is 3.52. The van der Waals surface area contributed by atoms with E-state index >= 15 is 0 Å². The highest BCUT2D eigenvalue weighted by molar-refractivity contribution is 6.31. The van der Waals surface area contributed by atoms with Gasteiger partial charge in [0, 0.05) is 19.1 Å². The second-order valence-electron chi connectivity index (χ2n) is 4.36. The molecule has 16 heavy (non-hydrogen) atoms. The number of hydrogen-bond donors (Lipinski definition) is 2. The number of nitrogens with one attached hydrogen (secondary N) is 1. The van der Waals surface area contributed by atoms with Crippen molar-refractivity contribution in [2.24, 2.45) is 0 Å². The average Bonchev–Trinajstić information content (AvgIpc) is 2.49. The molecule has 0 unspecified atom stereocenters. The molecule has 90 valence electrons. The first-order valence-electron chi connectivity index (χ1n) is 5.75. The van der Waals surface area contributed by atoms with Gasteiger partial charge in [0.2, 0.25) is 0 Å². The van der Waals surface area contributed by atoms with Crippen molar-refractivity contribution < 1.29 is 5.11 Å². The third kappa shape index (κ3) is 2.24. The van der Waals surface area contributed by atoms with E-state index in [4.69, 9.17) is 11.6 Å². The van der Waals surface area contributed by atoms with Crippen molar-refractivity contribution in [2.45, 2.75) is 51.9 Å². The van der Waals surface area contributed by atoms with E-state index in [9.17, 15) is 5.11 Å². The van der Waals surface area contributed by atoms with Crippen LogP contribution in [0.1, 0.15) is 31.2 Å². The molecule has 2 rings (SSSR count). The number of aromatic nitrogens is 2. The van der Waals surface area contributed by atoms with E-state index in [-0.39, 0.29) is 6.10 Å². The van der Waals surface area contributed by atoms with Crippen molar-refractivity contribution >= 4 is 11.6 Å². The summed E-state index contributed by atoms with van der Waals surface area (Å²) in [5.74, 6) is 0. The molecule has 0 spiro atoms. The first-order valence-corrected chi connectivity index (χ1v) is 6.12. The van der Waals surface area contributed by atoms with Crippen LogP contribution in [-0.2, 0) is 13.1 Å². The van der Waals surface area contributed by atoms with Crippen molar-refractivity contribution in [2.75, 3.05) is 0 Å². The summed E-state index contributed by atoms with van der Waals surface area (Å²) in [6.07, 6.45) is 1.57. The molecule has 0 radical (unpaired) electrons. The Bertz CT molecular complexity index is 372. The molecule has 0 atom stereocenters. The summed E-state index contributed by atoms with van der Waals surface area (Å²) in [7, 11) is 0. The van der Waals surface area contributed by atoms with Gasteiger partial charge >= 0.3 is 0 Å². The second kappa shape index (κ2) is 4.73. The largest absolute Gasteiger partial charge is 0.393 e. The zero-order valence-electron chi connectivity index (χ0n) is 9.70. The molecule has 1 fully saturated rings. The minimum absolute atomic E-state index is 0.120. The fourth-order valence-electron chi connectivity index (χ4n) is 2.03. The quantitative estimate of drug-likeness (QED) is 0.842. The third-order valence-electron chi connectivity index (χ3n) is 3.12. The van der Waals surface area contributed by atoms with Gasteiger partial charge in [0.25, 0.3) is 0 Å². The van der Waals surface area contributed by atoms with Crippen LogP contribution in [0.2, 0.25) is 5.02 Å². The van der Waals surface area contributed by atoms with Gasteiger partial charge < -0.3 is 10.4 Å². The Balaban J connectivity index is 1.97. The molecule has 1 aromatic heterocycles. The van der Waals surface area contributed by atoms with Crippen LogP contribution in [0.15, 0.2) is 0 Å². The van der Waals surface area contributed by atoms with Crippen molar-refractivity contribution in [3.05, 3.63) is 16.4 Å². The molecular weight excluding hydrogens is 226 g/mol. The van der Waals surface area contributed by atoms with Crippen LogP contribution < -0.4 is 5.32 Å². The van der Waals surface area contributed by atoms with E-state index in [1.54, 1.807) is 0 Å². The highest BCUT2D eigenvalue weighted by Crippen LogP contribution is 2.23. The maximum absolute atomic E-state index is 9.19. The molecule has 1 saturated carbocycles. The van der Waals surface area contributed by atoms with Crippen LogP contribution in [0, 0.1) is 6.92 Å². The van der Waals surface area contributed by atoms with Crippen molar-refractivity contribution in [1.82, 2.24) is 15.1 Å². The lowest BCUT2D eigenvalue weighted by Crippen LogP contribution is -2.43. The lowest BCUT2D eigenvalue weighted by atomic mass is 9.89. The van der Waals surface area contributed by atoms with Crippen molar-refractivity contribution in [3.63, 3.8) is 0 Å². The lowest BCUT2D eigenvalue weighted by Gasteiger charge is -2.32. The Morgan fingerprint density at radius 2 is 2.25 bits per heavy atom. The van der Waals surface area contributed by atoms with E-state index in [2.05, 4.69) is 17.3 Å². The molecule has 2 N–H and O–H groups in total. The van der Waals surface area contributed by atoms with Gasteiger partial charge in [0.15, 0.2) is 0 Å². The Morgan fingerprint density at radius 3 is 2.81 bits per heavy atom. The van der Waals surface area contributed by atoms with E-state index in [1.165, 1.54) is 0 Å². The Morgan fingerprint density at radius 1 is 1.56 bits per heavy atom. The van der Waals surface area contributed by atoms with Gasteiger partial charge in [-0.3, -0.25) is 4.68 Å². The van der Waals surface area contributed by atoms with Crippen LogP contribution in [0.5, 0.6) is 0 Å². The maximum Gasteiger partial charge on any atom is 0.0860 e. The van der Waals surface area contributed by atoms with Gasteiger partial charge in [-0.15, -0.1) is 0 Å². The minimum atomic E-state index is -0.120. The number of aliphatic hydroxyl groups is 1. The minimum Gasteiger partial charge on any atom is -0.393 e. The van der Waals surface area contributed by atoms with Crippen LogP contribution in [0.4, 0.5) is 0 Å². The molecule has 0 aromatic carbocycles. The molecule has 4 nitrogen and oxygen atoms in total. The number of hydrogen-bond acceptors (Lipinski definition) is 3. The summed E-state index contributed by atoms with van der Waals surface area (Å²) < 4.78 is 1.93. The molecule has 1 heterocycles. The number of halogens is 1. The molecule has 0 saturated heterocycles. The molecule has 5 heteroatoms. The topological polar surface area (TPSA) is 50.1 Å². The standard InChI is InChI=1S/C11H18ClN3O/c1-3-15-10(11(12)7(2)14-15)6-13-8-4-9(16)5-8/h8-9,13,16H,3-6H2,1-2H3. The van der Waals surface area contributed by atoms with E-state index in [0.29, 0.717) is 6.04 Å². The third-order valence-corrected chi connectivity index (χ3v) is 3.62. The van der Waals surface area contributed by atoms with E-state index in [1.807, 2.05) is 11.6 Å². The predicted molar refractivity (Wildman–Crippen MR) is 63.5 cm³/mol.